The van der Waals surface area contributed by atoms with Crippen molar-refractivity contribution < 1.29 is 4.74 Å². The second kappa shape index (κ2) is 7.31. The molecule has 5 heteroatoms. The number of ether oxygens (including phenoxy) is 1. The van der Waals surface area contributed by atoms with Crippen LogP contribution < -0.4 is 0 Å². The molecule has 0 bridgehead atoms. The van der Waals surface area contributed by atoms with Gasteiger partial charge in [0.2, 0.25) is 0 Å². The Morgan fingerprint density at radius 3 is 2.71 bits per heavy atom. The van der Waals surface area contributed by atoms with E-state index in [2.05, 4.69) is 37.7 Å². The van der Waals surface area contributed by atoms with Crippen LogP contribution in [-0.4, -0.2) is 36.2 Å². The molecule has 0 N–H and O–H groups in total. The molecule has 1 heterocycles. The summed E-state index contributed by atoms with van der Waals surface area (Å²) in [5, 5.41) is 3.14. The predicted molar refractivity (Wildman–Crippen MR) is 73.8 cm³/mol. The van der Waals surface area contributed by atoms with Crippen molar-refractivity contribution in [2.45, 2.75) is 38.8 Å². The van der Waals surface area contributed by atoms with E-state index in [1.807, 2.05) is 5.38 Å². The lowest BCUT2D eigenvalue weighted by Gasteiger charge is -2.23. The molecule has 0 saturated carbocycles. The SMILES string of the molecule is CC(C)OCCN(C)C(C)c1nc(CCl)cs1. The standard InChI is InChI=1S/C12H21ClN2OS/c1-9(2)16-6-5-15(4)10(3)12-14-11(7-13)8-17-12/h8-10H,5-7H2,1-4H3. The van der Waals surface area contributed by atoms with Gasteiger partial charge in [-0.15, -0.1) is 22.9 Å². The van der Waals surface area contributed by atoms with Gasteiger partial charge >= 0.3 is 0 Å². The highest BCUT2D eigenvalue weighted by molar-refractivity contribution is 7.09. The van der Waals surface area contributed by atoms with Gasteiger partial charge in [0.05, 0.1) is 30.3 Å². The average Bonchev–Trinajstić information content (AvgIpc) is 2.75. The van der Waals surface area contributed by atoms with Gasteiger partial charge in [0.15, 0.2) is 0 Å². The average molecular weight is 277 g/mol. The van der Waals surface area contributed by atoms with Crippen molar-refractivity contribution in [3.63, 3.8) is 0 Å². The molecule has 0 fully saturated rings. The van der Waals surface area contributed by atoms with Crippen LogP contribution in [0.2, 0.25) is 0 Å². The normalized spacial score (nSPS) is 13.6. The molecular weight excluding hydrogens is 256 g/mol. The molecule has 1 atom stereocenters. The van der Waals surface area contributed by atoms with E-state index in [1.54, 1.807) is 11.3 Å². The monoisotopic (exact) mass is 276 g/mol. The van der Waals surface area contributed by atoms with Gasteiger partial charge in [-0.25, -0.2) is 4.98 Å². The topological polar surface area (TPSA) is 25.4 Å². The summed E-state index contributed by atoms with van der Waals surface area (Å²) in [5.41, 5.74) is 0.963. The Morgan fingerprint density at radius 1 is 1.47 bits per heavy atom. The molecule has 0 aliphatic heterocycles. The van der Waals surface area contributed by atoms with Crippen LogP contribution >= 0.6 is 22.9 Å². The van der Waals surface area contributed by atoms with Crippen LogP contribution in [0.25, 0.3) is 0 Å². The first-order chi connectivity index (χ1) is 8.04. The molecule has 17 heavy (non-hydrogen) atoms. The van der Waals surface area contributed by atoms with E-state index in [9.17, 15) is 0 Å². The lowest BCUT2D eigenvalue weighted by atomic mass is 10.3. The van der Waals surface area contributed by atoms with E-state index >= 15 is 0 Å². The van der Waals surface area contributed by atoms with Crippen molar-refractivity contribution in [2.24, 2.45) is 0 Å². The lowest BCUT2D eigenvalue weighted by molar-refractivity contribution is 0.0572. The first kappa shape index (κ1) is 14.9. The van der Waals surface area contributed by atoms with Gasteiger partial charge < -0.3 is 4.74 Å². The smallest absolute Gasteiger partial charge is 0.110 e. The Hall–Kier alpha value is -0.160. The number of likely N-dealkylation sites (N-methyl/N-ethyl adjacent to an activating group) is 1. The Morgan fingerprint density at radius 2 is 2.18 bits per heavy atom. The first-order valence-corrected chi connectivity index (χ1v) is 7.28. The second-order valence-electron chi connectivity index (χ2n) is 4.39. The number of thiazole rings is 1. The molecule has 0 spiro atoms. The Bertz CT molecular complexity index is 330. The van der Waals surface area contributed by atoms with Gasteiger partial charge in [-0.05, 0) is 27.8 Å². The molecular formula is C12H21ClN2OS. The van der Waals surface area contributed by atoms with E-state index in [0.717, 1.165) is 23.9 Å². The summed E-state index contributed by atoms with van der Waals surface area (Å²) in [6.45, 7) is 7.93. The molecule has 3 nitrogen and oxygen atoms in total. The zero-order valence-corrected chi connectivity index (χ0v) is 12.5. The van der Waals surface area contributed by atoms with Crippen LogP contribution in [0.1, 0.15) is 37.5 Å². The Labute approximate surface area is 113 Å². The molecule has 0 aromatic carbocycles. The molecule has 0 amide bonds. The number of rotatable bonds is 7. The maximum Gasteiger partial charge on any atom is 0.110 e. The van der Waals surface area contributed by atoms with Gasteiger partial charge in [-0.3, -0.25) is 4.90 Å². The number of nitrogens with zero attached hydrogens (tertiary/aromatic N) is 2. The number of aromatic nitrogens is 1. The molecule has 0 radical (unpaired) electrons. The molecule has 1 aromatic heterocycles. The van der Waals surface area contributed by atoms with Crippen molar-refractivity contribution >= 4 is 22.9 Å². The van der Waals surface area contributed by atoms with Crippen molar-refractivity contribution in [2.75, 3.05) is 20.2 Å². The van der Waals surface area contributed by atoms with E-state index in [-0.39, 0.29) is 0 Å². The van der Waals surface area contributed by atoms with Crippen LogP contribution in [0.15, 0.2) is 5.38 Å². The number of alkyl halides is 1. The van der Waals surface area contributed by atoms with Crippen molar-refractivity contribution in [3.05, 3.63) is 16.1 Å². The van der Waals surface area contributed by atoms with Crippen molar-refractivity contribution in [3.8, 4) is 0 Å². The quantitative estimate of drug-likeness (QED) is 0.715. The van der Waals surface area contributed by atoms with Gasteiger partial charge in [0, 0.05) is 11.9 Å². The summed E-state index contributed by atoms with van der Waals surface area (Å²) >= 11 is 7.43. The number of hydrogen-bond donors (Lipinski definition) is 0. The van der Waals surface area contributed by atoms with Crippen molar-refractivity contribution in [1.82, 2.24) is 9.88 Å². The third kappa shape index (κ3) is 4.92. The summed E-state index contributed by atoms with van der Waals surface area (Å²) in [4.78, 5) is 6.75. The third-order valence-electron chi connectivity index (χ3n) is 2.62. The zero-order chi connectivity index (χ0) is 12.8. The van der Waals surface area contributed by atoms with E-state index in [1.165, 1.54) is 0 Å². The maximum atomic E-state index is 5.75. The molecule has 1 unspecified atom stereocenters. The Kier molecular flexibility index (Phi) is 6.41. The summed E-state index contributed by atoms with van der Waals surface area (Å²) < 4.78 is 5.55. The molecule has 1 rings (SSSR count). The zero-order valence-electron chi connectivity index (χ0n) is 10.9. The molecule has 0 aliphatic carbocycles. The lowest BCUT2D eigenvalue weighted by Crippen LogP contribution is -2.27. The maximum absolute atomic E-state index is 5.75. The minimum atomic E-state index is 0.293. The minimum Gasteiger partial charge on any atom is -0.377 e. The van der Waals surface area contributed by atoms with Crippen LogP contribution in [0.3, 0.4) is 0 Å². The summed E-state index contributed by atoms with van der Waals surface area (Å²) in [7, 11) is 2.09. The number of halogens is 1. The molecule has 98 valence electrons. The Balaban J connectivity index is 2.42. The third-order valence-corrected chi connectivity index (χ3v) is 3.96. The van der Waals surface area contributed by atoms with E-state index in [0.29, 0.717) is 18.0 Å². The summed E-state index contributed by atoms with van der Waals surface area (Å²) in [5.74, 6) is 0.489. The van der Waals surface area contributed by atoms with Gasteiger partial charge in [-0.1, -0.05) is 0 Å². The highest BCUT2D eigenvalue weighted by atomic mass is 35.5. The van der Waals surface area contributed by atoms with E-state index < -0.39 is 0 Å². The van der Waals surface area contributed by atoms with Gasteiger partial charge in [0.1, 0.15) is 5.01 Å². The van der Waals surface area contributed by atoms with Crippen LogP contribution in [-0.2, 0) is 10.6 Å². The fourth-order valence-electron chi connectivity index (χ4n) is 1.39. The molecule has 1 aromatic rings. The van der Waals surface area contributed by atoms with Crippen LogP contribution in [0.5, 0.6) is 0 Å². The molecule has 0 aliphatic rings. The van der Waals surface area contributed by atoms with Crippen molar-refractivity contribution in [1.29, 1.82) is 0 Å². The highest BCUT2D eigenvalue weighted by Crippen LogP contribution is 2.23. The largest absolute Gasteiger partial charge is 0.377 e. The summed E-state index contributed by atoms with van der Waals surface area (Å²) in [6.07, 6.45) is 0.293. The summed E-state index contributed by atoms with van der Waals surface area (Å²) in [6, 6.07) is 0.313. The minimum absolute atomic E-state index is 0.293. The predicted octanol–water partition coefficient (Wildman–Crippen LogP) is 3.30. The van der Waals surface area contributed by atoms with Crippen LogP contribution in [0, 0.1) is 0 Å². The van der Waals surface area contributed by atoms with Crippen LogP contribution in [0.4, 0.5) is 0 Å². The first-order valence-electron chi connectivity index (χ1n) is 5.86. The highest BCUT2D eigenvalue weighted by Gasteiger charge is 2.15. The van der Waals surface area contributed by atoms with Gasteiger partial charge in [-0.2, -0.15) is 0 Å². The van der Waals surface area contributed by atoms with E-state index in [4.69, 9.17) is 16.3 Å². The molecule has 0 saturated heterocycles. The second-order valence-corrected chi connectivity index (χ2v) is 5.54. The fraction of sp³-hybridized carbons (Fsp3) is 0.750. The fourth-order valence-corrected chi connectivity index (χ4v) is 2.56. The number of hydrogen-bond acceptors (Lipinski definition) is 4. The van der Waals surface area contributed by atoms with Gasteiger partial charge in [0.25, 0.3) is 0 Å².